The Labute approximate surface area is 126 Å². The Morgan fingerprint density at radius 3 is 3.00 bits per heavy atom. The van der Waals surface area contributed by atoms with Gasteiger partial charge >= 0.3 is 0 Å². The van der Waals surface area contributed by atoms with Crippen molar-refractivity contribution in [3.05, 3.63) is 11.9 Å². The SMILES string of the molecule is CCc1nn(C)cc1NC(=O)C1CCC2CCCCC2N1. The number of amides is 1. The van der Waals surface area contributed by atoms with Crippen molar-refractivity contribution >= 4 is 11.6 Å². The second-order valence-electron chi connectivity index (χ2n) is 6.45. The van der Waals surface area contributed by atoms with E-state index in [1.54, 1.807) is 4.68 Å². The van der Waals surface area contributed by atoms with Gasteiger partial charge in [-0.15, -0.1) is 0 Å². The Morgan fingerprint density at radius 1 is 1.38 bits per heavy atom. The van der Waals surface area contributed by atoms with Crippen LogP contribution in [0.5, 0.6) is 0 Å². The van der Waals surface area contributed by atoms with Crippen molar-refractivity contribution in [1.29, 1.82) is 0 Å². The first kappa shape index (κ1) is 14.6. The summed E-state index contributed by atoms with van der Waals surface area (Å²) < 4.78 is 1.76. The third-order valence-electron chi connectivity index (χ3n) is 4.97. The lowest BCUT2D eigenvalue weighted by Gasteiger charge is -2.39. The highest BCUT2D eigenvalue weighted by atomic mass is 16.2. The summed E-state index contributed by atoms with van der Waals surface area (Å²) in [6, 6.07) is 0.497. The summed E-state index contributed by atoms with van der Waals surface area (Å²) in [4.78, 5) is 12.5. The average molecular weight is 290 g/mol. The molecule has 0 radical (unpaired) electrons. The van der Waals surface area contributed by atoms with Crippen LogP contribution in [0.4, 0.5) is 5.69 Å². The molecule has 0 bridgehead atoms. The number of fused-ring (bicyclic) bond motifs is 1. The van der Waals surface area contributed by atoms with E-state index in [4.69, 9.17) is 0 Å². The minimum Gasteiger partial charge on any atom is -0.322 e. The number of anilines is 1. The number of piperidine rings is 1. The maximum atomic E-state index is 12.5. The molecule has 21 heavy (non-hydrogen) atoms. The summed E-state index contributed by atoms with van der Waals surface area (Å²) in [7, 11) is 1.89. The molecule has 1 amide bonds. The fraction of sp³-hybridized carbons (Fsp3) is 0.750. The predicted octanol–water partition coefficient (Wildman–Crippen LogP) is 2.23. The first-order chi connectivity index (χ1) is 10.2. The summed E-state index contributed by atoms with van der Waals surface area (Å²) in [6.07, 6.45) is 10.1. The fourth-order valence-corrected chi connectivity index (χ4v) is 3.82. The summed E-state index contributed by atoms with van der Waals surface area (Å²) in [5.74, 6) is 0.883. The largest absolute Gasteiger partial charge is 0.322 e. The number of hydrogen-bond donors (Lipinski definition) is 2. The fourth-order valence-electron chi connectivity index (χ4n) is 3.82. The number of carbonyl (C=O) groups excluding carboxylic acids is 1. The van der Waals surface area contributed by atoms with Crippen LogP contribution in [-0.2, 0) is 18.3 Å². The van der Waals surface area contributed by atoms with E-state index in [9.17, 15) is 4.79 Å². The van der Waals surface area contributed by atoms with E-state index < -0.39 is 0 Å². The molecule has 2 aliphatic rings. The molecule has 3 unspecified atom stereocenters. The lowest BCUT2D eigenvalue weighted by atomic mass is 9.77. The number of hydrogen-bond acceptors (Lipinski definition) is 3. The van der Waals surface area contributed by atoms with E-state index >= 15 is 0 Å². The maximum Gasteiger partial charge on any atom is 0.241 e. The van der Waals surface area contributed by atoms with E-state index in [1.165, 1.54) is 32.1 Å². The molecule has 2 fully saturated rings. The van der Waals surface area contributed by atoms with Crippen molar-refractivity contribution in [3.8, 4) is 0 Å². The van der Waals surface area contributed by atoms with Gasteiger partial charge in [-0.25, -0.2) is 0 Å². The van der Waals surface area contributed by atoms with Crippen LogP contribution < -0.4 is 10.6 Å². The van der Waals surface area contributed by atoms with E-state index in [2.05, 4.69) is 22.7 Å². The quantitative estimate of drug-likeness (QED) is 0.897. The molecule has 1 saturated heterocycles. The van der Waals surface area contributed by atoms with Crippen molar-refractivity contribution in [2.45, 2.75) is 64.0 Å². The highest BCUT2D eigenvalue weighted by Gasteiger charge is 2.34. The maximum absolute atomic E-state index is 12.5. The lowest BCUT2D eigenvalue weighted by molar-refractivity contribution is -0.119. The molecular weight excluding hydrogens is 264 g/mol. The Bertz CT molecular complexity index is 510. The van der Waals surface area contributed by atoms with E-state index in [0.717, 1.165) is 30.1 Å². The van der Waals surface area contributed by atoms with Crippen molar-refractivity contribution in [3.63, 3.8) is 0 Å². The molecular formula is C16H26N4O. The number of nitrogens with zero attached hydrogens (tertiary/aromatic N) is 2. The number of aromatic nitrogens is 2. The monoisotopic (exact) mass is 290 g/mol. The summed E-state index contributed by atoms with van der Waals surface area (Å²) >= 11 is 0. The van der Waals surface area contributed by atoms with Crippen LogP contribution in [0.3, 0.4) is 0 Å². The number of rotatable bonds is 3. The average Bonchev–Trinajstić information content (AvgIpc) is 2.86. The molecule has 1 aromatic rings. The second-order valence-corrected chi connectivity index (χ2v) is 6.45. The van der Waals surface area contributed by atoms with Crippen molar-refractivity contribution in [2.24, 2.45) is 13.0 Å². The van der Waals surface area contributed by atoms with Crippen molar-refractivity contribution in [1.82, 2.24) is 15.1 Å². The van der Waals surface area contributed by atoms with Gasteiger partial charge in [-0.1, -0.05) is 19.8 Å². The van der Waals surface area contributed by atoms with Gasteiger partial charge in [-0.2, -0.15) is 5.10 Å². The van der Waals surface area contributed by atoms with E-state index in [1.807, 2.05) is 13.2 Å². The zero-order valence-electron chi connectivity index (χ0n) is 13.1. The highest BCUT2D eigenvalue weighted by molar-refractivity contribution is 5.95. The van der Waals surface area contributed by atoms with Gasteiger partial charge in [0.1, 0.15) is 0 Å². The molecule has 2 heterocycles. The Balaban J connectivity index is 1.62. The third-order valence-corrected chi connectivity index (χ3v) is 4.97. The third kappa shape index (κ3) is 3.12. The smallest absolute Gasteiger partial charge is 0.241 e. The molecule has 3 rings (SSSR count). The normalized spacial score (nSPS) is 29.0. The molecule has 5 nitrogen and oxygen atoms in total. The van der Waals surface area contributed by atoms with E-state index in [0.29, 0.717) is 6.04 Å². The molecule has 1 aliphatic carbocycles. The van der Waals surface area contributed by atoms with Gasteiger partial charge in [-0.05, 0) is 38.0 Å². The van der Waals surface area contributed by atoms with Crippen LogP contribution in [0.15, 0.2) is 6.20 Å². The Hall–Kier alpha value is -1.36. The minimum absolute atomic E-state index is 0.0470. The molecule has 5 heteroatoms. The first-order valence-corrected chi connectivity index (χ1v) is 8.26. The van der Waals surface area contributed by atoms with E-state index in [-0.39, 0.29) is 11.9 Å². The van der Waals surface area contributed by atoms with Gasteiger partial charge in [0.05, 0.1) is 17.4 Å². The molecule has 0 aromatic carbocycles. The van der Waals surface area contributed by atoms with Crippen LogP contribution in [0.2, 0.25) is 0 Å². The lowest BCUT2D eigenvalue weighted by Crippen LogP contribution is -2.53. The molecule has 1 aliphatic heterocycles. The Morgan fingerprint density at radius 2 is 2.19 bits per heavy atom. The first-order valence-electron chi connectivity index (χ1n) is 8.26. The molecule has 1 saturated carbocycles. The number of carbonyl (C=O) groups is 1. The highest BCUT2D eigenvalue weighted by Crippen LogP contribution is 2.32. The summed E-state index contributed by atoms with van der Waals surface area (Å²) in [5, 5.41) is 11.0. The Kier molecular flexibility index (Phi) is 4.29. The minimum atomic E-state index is -0.0470. The number of aryl methyl sites for hydroxylation is 2. The van der Waals surface area contributed by atoms with Crippen LogP contribution in [0.1, 0.15) is 51.1 Å². The van der Waals surface area contributed by atoms with Gasteiger partial charge in [-0.3, -0.25) is 9.48 Å². The van der Waals surface area contributed by atoms with Gasteiger partial charge in [0.2, 0.25) is 5.91 Å². The molecule has 1 aromatic heterocycles. The van der Waals surface area contributed by atoms with Crippen molar-refractivity contribution in [2.75, 3.05) is 5.32 Å². The van der Waals surface area contributed by atoms with Crippen LogP contribution in [-0.4, -0.2) is 27.8 Å². The second kappa shape index (κ2) is 6.18. The van der Waals surface area contributed by atoms with Gasteiger partial charge < -0.3 is 10.6 Å². The summed E-state index contributed by atoms with van der Waals surface area (Å²) in [5.41, 5.74) is 1.81. The molecule has 116 valence electrons. The van der Waals surface area contributed by atoms with Crippen LogP contribution in [0.25, 0.3) is 0 Å². The van der Waals surface area contributed by atoms with Gasteiger partial charge in [0.15, 0.2) is 0 Å². The molecule has 0 spiro atoms. The van der Waals surface area contributed by atoms with Crippen molar-refractivity contribution < 1.29 is 4.79 Å². The molecule has 2 N–H and O–H groups in total. The zero-order chi connectivity index (χ0) is 14.8. The summed E-state index contributed by atoms with van der Waals surface area (Å²) in [6.45, 7) is 2.06. The van der Waals surface area contributed by atoms with Gasteiger partial charge in [0, 0.05) is 19.3 Å². The molecule has 3 atom stereocenters. The topological polar surface area (TPSA) is 59.0 Å². The van der Waals surface area contributed by atoms with Gasteiger partial charge in [0.25, 0.3) is 0 Å². The predicted molar refractivity (Wildman–Crippen MR) is 83.1 cm³/mol. The zero-order valence-corrected chi connectivity index (χ0v) is 13.1. The van der Waals surface area contributed by atoms with Crippen LogP contribution >= 0.6 is 0 Å². The standard InChI is InChI=1S/C16H26N4O/c1-3-12-15(10-20(2)19-12)18-16(21)14-9-8-11-6-4-5-7-13(11)17-14/h10-11,13-14,17H,3-9H2,1-2H3,(H,18,21). The van der Waals surface area contributed by atoms with Crippen LogP contribution in [0, 0.1) is 5.92 Å². The number of nitrogens with one attached hydrogen (secondary N) is 2.